The van der Waals surface area contributed by atoms with Gasteiger partial charge in [-0.05, 0) is 70.0 Å². The van der Waals surface area contributed by atoms with Crippen LogP contribution in [-0.4, -0.2) is 16.7 Å². The summed E-state index contributed by atoms with van der Waals surface area (Å²) in [4.78, 5) is 18.4. The Morgan fingerprint density at radius 1 is 1.13 bits per heavy atom. The number of aryl methyl sites for hydroxylation is 2. The summed E-state index contributed by atoms with van der Waals surface area (Å²) in [5, 5.41) is 0.471. The monoisotopic (exact) mass is 332 g/mol. The molecule has 1 aromatic carbocycles. The van der Waals surface area contributed by atoms with Crippen molar-refractivity contribution < 1.29 is 9.53 Å². The van der Waals surface area contributed by atoms with Crippen molar-refractivity contribution in [2.24, 2.45) is 0 Å². The maximum atomic E-state index is 12.7. The van der Waals surface area contributed by atoms with Crippen molar-refractivity contribution in [1.82, 2.24) is 4.98 Å². The number of benzene rings is 1. The van der Waals surface area contributed by atoms with Crippen LogP contribution in [-0.2, 0) is 4.74 Å². The van der Waals surface area contributed by atoms with E-state index >= 15 is 0 Å². The van der Waals surface area contributed by atoms with E-state index in [9.17, 15) is 4.79 Å². The Hall–Kier alpha value is -2.07. The van der Waals surface area contributed by atoms with Gasteiger partial charge in [0.1, 0.15) is 11.4 Å². The average molecular weight is 333 g/mol. The van der Waals surface area contributed by atoms with Gasteiger partial charge in [0.15, 0.2) is 0 Å². The van der Waals surface area contributed by atoms with Crippen LogP contribution in [0.15, 0.2) is 36.5 Å². The van der Waals surface area contributed by atoms with Crippen molar-refractivity contribution in [2.75, 3.05) is 4.90 Å². The third-order valence-electron chi connectivity index (χ3n) is 3.05. The number of amides is 1. The van der Waals surface area contributed by atoms with Crippen molar-refractivity contribution >= 4 is 29.2 Å². The molecule has 5 heteroatoms. The lowest BCUT2D eigenvalue weighted by Gasteiger charge is -2.27. The Morgan fingerprint density at radius 3 is 2.35 bits per heavy atom. The number of aromatic nitrogens is 1. The molecule has 0 atom stereocenters. The van der Waals surface area contributed by atoms with Crippen molar-refractivity contribution in [3.63, 3.8) is 0 Å². The summed E-state index contributed by atoms with van der Waals surface area (Å²) in [7, 11) is 0. The average Bonchev–Trinajstić information content (AvgIpc) is 2.39. The van der Waals surface area contributed by atoms with Gasteiger partial charge in [0, 0.05) is 6.20 Å². The third kappa shape index (κ3) is 4.45. The van der Waals surface area contributed by atoms with Crippen LogP contribution in [0.3, 0.4) is 0 Å². The molecule has 0 aliphatic carbocycles. The minimum absolute atomic E-state index is 0.471. The van der Waals surface area contributed by atoms with Gasteiger partial charge in [0.05, 0.1) is 10.7 Å². The number of halogens is 1. The van der Waals surface area contributed by atoms with Gasteiger partial charge in [-0.1, -0.05) is 17.7 Å². The van der Waals surface area contributed by atoms with Crippen molar-refractivity contribution in [2.45, 2.75) is 40.2 Å². The number of ether oxygens (including phenoxy) is 1. The summed E-state index contributed by atoms with van der Waals surface area (Å²) in [6.45, 7) is 9.35. The van der Waals surface area contributed by atoms with Crippen LogP contribution < -0.4 is 4.90 Å². The van der Waals surface area contributed by atoms with Crippen LogP contribution in [0.5, 0.6) is 0 Å². The Labute approximate surface area is 142 Å². The van der Waals surface area contributed by atoms with E-state index in [1.54, 1.807) is 12.3 Å². The molecule has 2 rings (SSSR count). The van der Waals surface area contributed by atoms with Gasteiger partial charge in [-0.15, -0.1) is 0 Å². The van der Waals surface area contributed by atoms with E-state index in [1.807, 2.05) is 58.9 Å². The lowest BCUT2D eigenvalue weighted by molar-refractivity contribution is 0.0598. The summed E-state index contributed by atoms with van der Waals surface area (Å²) in [6.07, 6.45) is 1.14. The maximum absolute atomic E-state index is 12.7. The zero-order valence-corrected chi connectivity index (χ0v) is 14.8. The standard InChI is InChI=1S/C18H21ClN2O2/c1-12-6-7-15(14(19)10-12)21(17(22)23-18(3,4)5)16-11-13(2)8-9-20-16/h6-11H,1-5H3. The number of carbonyl (C=O) groups excluding carboxylic acids is 1. The van der Waals surface area contributed by atoms with Crippen LogP contribution in [0.1, 0.15) is 31.9 Å². The normalized spacial score (nSPS) is 11.2. The molecule has 4 nitrogen and oxygen atoms in total. The molecular formula is C18H21ClN2O2. The molecular weight excluding hydrogens is 312 g/mol. The predicted octanol–water partition coefficient (Wildman–Crippen LogP) is 5.43. The molecule has 2 aromatic rings. The zero-order valence-electron chi connectivity index (χ0n) is 14.1. The Kier molecular flexibility index (Phi) is 4.95. The molecule has 0 bridgehead atoms. The Bertz CT molecular complexity index is 723. The van der Waals surface area contributed by atoms with Gasteiger partial charge < -0.3 is 4.74 Å². The number of anilines is 2. The Morgan fingerprint density at radius 2 is 1.78 bits per heavy atom. The fourth-order valence-electron chi connectivity index (χ4n) is 2.06. The first-order valence-corrected chi connectivity index (χ1v) is 7.77. The molecule has 0 fully saturated rings. The minimum atomic E-state index is -0.615. The molecule has 1 heterocycles. The van der Waals surface area contributed by atoms with E-state index < -0.39 is 11.7 Å². The second-order valence-electron chi connectivity index (χ2n) is 6.46. The van der Waals surface area contributed by atoms with E-state index in [1.165, 1.54) is 4.90 Å². The van der Waals surface area contributed by atoms with Crippen LogP contribution in [0.2, 0.25) is 5.02 Å². The molecule has 1 aromatic heterocycles. The van der Waals surface area contributed by atoms with Gasteiger partial charge >= 0.3 is 6.09 Å². The summed E-state index contributed by atoms with van der Waals surface area (Å²) in [5.41, 5.74) is 1.94. The number of nitrogens with zero attached hydrogens (tertiary/aromatic N) is 2. The van der Waals surface area contributed by atoms with Crippen molar-refractivity contribution in [3.05, 3.63) is 52.7 Å². The van der Waals surface area contributed by atoms with Crippen LogP contribution in [0.4, 0.5) is 16.3 Å². The molecule has 0 aliphatic heterocycles. The highest BCUT2D eigenvalue weighted by Gasteiger charge is 2.27. The molecule has 0 aliphatic rings. The summed E-state index contributed by atoms with van der Waals surface area (Å²) in [5.74, 6) is 0.477. The molecule has 0 saturated heterocycles. The molecule has 0 unspecified atom stereocenters. The Balaban J connectivity index is 2.53. The number of pyridine rings is 1. The number of hydrogen-bond donors (Lipinski definition) is 0. The highest BCUT2D eigenvalue weighted by atomic mass is 35.5. The summed E-state index contributed by atoms with van der Waals surface area (Å²) >= 11 is 6.35. The zero-order chi connectivity index (χ0) is 17.2. The van der Waals surface area contributed by atoms with Gasteiger partial charge in [0.25, 0.3) is 0 Å². The van der Waals surface area contributed by atoms with Crippen molar-refractivity contribution in [3.8, 4) is 0 Å². The lowest BCUT2D eigenvalue weighted by Crippen LogP contribution is -2.34. The minimum Gasteiger partial charge on any atom is -0.443 e. The van der Waals surface area contributed by atoms with E-state index in [4.69, 9.17) is 16.3 Å². The molecule has 1 amide bonds. The van der Waals surface area contributed by atoms with Crippen LogP contribution >= 0.6 is 11.6 Å². The van der Waals surface area contributed by atoms with Gasteiger partial charge in [0.2, 0.25) is 0 Å². The third-order valence-corrected chi connectivity index (χ3v) is 3.35. The second-order valence-corrected chi connectivity index (χ2v) is 6.87. The topological polar surface area (TPSA) is 42.4 Å². The number of rotatable bonds is 2. The van der Waals surface area contributed by atoms with E-state index in [2.05, 4.69) is 4.98 Å². The number of carbonyl (C=O) groups is 1. The molecule has 0 N–H and O–H groups in total. The summed E-state index contributed by atoms with van der Waals surface area (Å²) < 4.78 is 5.52. The first-order chi connectivity index (χ1) is 10.7. The fraction of sp³-hybridized carbons (Fsp3) is 0.333. The predicted molar refractivity (Wildman–Crippen MR) is 93.5 cm³/mol. The molecule has 0 radical (unpaired) electrons. The van der Waals surface area contributed by atoms with Gasteiger partial charge in [-0.3, -0.25) is 0 Å². The first kappa shape index (κ1) is 17.3. The van der Waals surface area contributed by atoms with E-state index in [0.717, 1.165) is 11.1 Å². The molecule has 122 valence electrons. The highest BCUT2D eigenvalue weighted by Crippen LogP contribution is 2.33. The smallest absolute Gasteiger partial charge is 0.420 e. The van der Waals surface area contributed by atoms with Crippen LogP contribution in [0, 0.1) is 13.8 Å². The quantitative estimate of drug-likeness (QED) is 0.736. The number of hydrogen-bond acceptors (Lipinski definition) is 3. The van der Waals surface area contributed by atoms with E-state index in [-0.39, 0.29) is 0 Å². The lowest BCUT2D eigenvalue weighted by atomic mass is 10.2. The second kappa shape index (κ2) is 6.59. The highest BCUT2D eigenvalue weighted by molar-refractivity contribution is 6.34. The SMILES string of the molecule is Cc1ccnc(N(C(=O)OC(C)(C)C)c2ccc(C)cc2Cl)c1. The van der Waals surface area contributed by atoms with Crippen LogP contribution in [0.25, 0.3) is 0 Å². The fourth-order valence-corrected chi connectivity index (χ4v) is 2.38. The van der Waals surface area contributed by atoms with Gasteiger partial charge in [-0.2, -0.15) is 0 Å². The van der Waals surface area contributed by atoms with Crippen molar-refractivity contribution in [1.29, 1.82) is 0 Å². The molecule has 23 heavy (non-hydrogen) atoms. The first-order valence-electron chi connectivity index (χ1n) is 7.39. The van der Waals surface area contributed by atoms with E-state index in [0.29, 0.717) is 16.5 Å². The molecule has 0 spiro atoms. The van der Waals surface area contributed by atoms with Gasteiger partial charge in [-0.25, -0.2) is 14.7 Å². The molecule has 0 saturated carbocycles. The largest absolute Gasteiger partial charge is 0.443 e. The maximum Gasteiger partial charge on any atom is 0.420 e. The summed E-state index contributed by atoms with van der Waals surface area (Å²) in [6, 6.07) is 9.19.